The van der Waals surface area contributed by atoms with Crippen LogP contribution >= 0.6 is 23.4 Å². The van der Waals surface area contributed by atoms with E-state index in [1.807, 2.05) is 72.3 Å². The molecular formula is C29H26ClN5OS. The predicted molar refractivity (Wildman–Crippen MR) is 151 cm³/mol. The Morgan fingerprint density at radius 1 is 0.946 bits per heavy atom. The molecular weight excluding hydrogens is 502 g/mol. The van der Waals surface area contributed by atoms with E-state index >= 15 is 0 Å². The molecule has 0 aliphatic rings. The Hall–Kier alpha value is -3.68. The van der Waals surface area contributed by atoms with Crippen molar-refractivity contribution < 1.29 is 4.79 Å². The summed E-state index contributed by atoms with van der Waals surface area (Å²) in [5.41, 5.74) is 4.16. The van der Waals surface area contributed by atoms with E-state index in [1.54, 1.807) is 24.3 Å². The fourth-order valence-corrected chi connectivity index (χ4v) is 5.26. The van der Waals surface area contributed by atoms with Gasteiger partial charge >= 0.3 is 0 Å². The molecule has 186 valence electrons. The summed E-state index contributed by atoms with van der Waals surface area (Å²) in [6.45, 7) is 4.07. The molecule has 1 N–H and O–H groups in total. The van der Waals surface area contributed by atoms with E-state index in [4.69, 9.17) is 26.7 Å². The lowest BCUT2D eigenvalue weighted by Crippen LogP contribution is -2.24. The number of hydrogen-bond donors (Lipinski definition) is 1. The topological polar surface area (TPSA) is 72.7 Å². The molecule has 0 spiro atoms. The van der Waals surface area contributed by atoms with Crippen molar-refractivity contribution in [3.63, 3.8) is 0 Å². The molecule has 2 heterocycles. The second-order valence-corrected chi connectivity index (χ2v) is 10.1. The molecule has 2 aromatic heterocycles. The average molecular weight is 528 g/mol. The number of aryl methyl sites for hydroxylation is 1. The third-order valence-corrected chi connectivity index (χ3v) is 7.57. The van der Waals surface area contributed by atoms with Crippen LogP contribution in [0.3, 0.4) is 0 Å². The first-order chi connectivity index (χ1) is 18.1. The minimum atomic E-state index is -0.359. The molecule has 6 nitrogen and oxygen atoms in total. The molecule has 1 amide bonds. The van der Waals surface area contributed by atoms with Gasteiger partial charge in [0, 0.05) is 16.3 Å². The maximum Gasteiger partial charge on any atom is 0.237 e. The molecule has 0 unspecified atom stereocenters. The van der Waals surface area contributed by atoms with Crippen LogP contribution in [-0.2, 0) is 11.2 Å². The van der Waals surface area contributed by atoms with E-state index < -0.39 is 0 Å². The van der Waals surface area contributed by atoms with E-state index in [1.165, 1.54) is 11.8 Å². The number of fused-ring (bicyclic) bond motifs is 1. The predicted octanol–water partition coefficient (Wildman–Crippen LogP) is 7.21. The van der Waals surface area contributed by atoms with Crippen molar-refractivity contribution in [2.75, 3.05) is 5.32 Å². The monoisotopic (exact) mass is 527 g/mol. The first-order valence-corrected chi connectivity index (χ1v) is 13.5. The quantitative estimate of drug-likeness (QED) is 0.170. The molecule has 0 radical (unpaired) electrons. The Bertz CT molecular complexity index is 1520. The van der Waals surface area contributed by atoms with Gasteiger partial charge in [0.15, 0.2) is 11.5 Å². The number of halogens is 1. The first-order valence-electron chi connectivity index (χ1n) is 12.2. The van der Waals surface area contributed by atoms with Crippen LogP contribution in [0.2, 0.25) is 5.02 Å². The Morgan fingerprint density at radius 2 is 1.62 bits per heavy atom. The Balaban J connectivity index is 1.61. The maximum absolute atomic E-state index is 13.3. The minimum Gasteiger partial charge on any atom is -0.325 e. The number of rotatable bonds is 8. The van der Waals surface area contributed by atoms with Crippen molar-refractivity contribution in [3.8, 4) is 17.1 Å². The largest absolute Gasteiger partial charge is 0.325 e. The molecule has 5 aromatic rings. The zero-order chi connectivity index (χ0) is 25.8. The fourth-order valence-electron chi connectivity index (χ4n) is 4.06. The van der Waals surface area contributed by atoms with Crippen molar-refractivity contribution in [1.82, 2.24) is 19.7 Å². The third-order valence-electron chi connectivity index (χ3n) is 5.96. The molecule has 0 fully saturated rings. The van der Waals surface area contributed by atoms with Crippen molar-refractivity contribution in [2.45, 2.75) is 37.0 Å². The average Bonchev–Trinajstić information content (AvgIpc) is 3.33. The molecule has 0 bridgehead atoms. The van der Waals surface area contributed by atoms with Gasteiger partial charge in [-0.1, -0.05) is 85.7 Å². The number of nitrogens with one attached hydrogen (secondary N) is 1. The summed E-state index contributed by atoms with van der Waals surface area (Å²) in [7, 11) is 0. The zero-order valence-corrected chi connectivity index (χ0v) is 22.1. The minimum absolute atomic E-state index is 0.0867. The fraction of sp³-hybridized carbons (Fsp3) is 0.172. The van der Waals surface area contributed by atoms with Crippen LogP contribution in [0.25, 0.3) is 28.1 Å². The van der Waals surface area contributed by atoms with Crippen LogP contribution < -0.4 is 5.32 Å². The van der Waals surface area contributed by atoms with Crippen molar-refractivity contribution in [3.05, 3.63) is 95.6 Å². The van der Waals surface area contributed by atoms with Gasteiger partial charge in [-0.2, -0.15) is 5.10 Å². The summed E-state index contributed by atoms with van der Waals surface area (Å²) in [4.78, 5) is 23.2. The summed E-state index contributed by atoms with van der Waals surface area (Å²) in [5, 5.41) is 9.83. The third kappa shape index (κ3) is 5.38. The Kier molecular flexibility index (Phi) is 7.53. The van der Waals surface area contributed by atoms with Crippen LogP contribution in [0.1, 0.15) is 26.0 Å². The maximum atomic E-state index is 13.3. The van der Waals surface area contributed by atoms with Gasteiger partial charge in [0.2, 0.25) is 5.91 Å². The zero-order valence-electron chi connectivity index (χ0n) is 20.6. The number of thioether (sulfide) groups is 1. The number of hydrogen-bond acceptors (Lipinski definition) is 5. The van der Waals surface area contributed by atoms with E-state index in [2.05, 4.69) is 12.2 Å². The standard InChI is InChI=1S/C29H26ClN5OS/c1-3-23-25-27(35(34-23)22-13-9-6-10-14-22)32-26(19-11-7-5-8-12-19)33-29(25)37-24(4-2)28(36)31-21-17-15-20(30)16-18-21/h5-18,24H,3-4H2,1-2H3,(H,31,36)/t24-/m0/s1. The number of para-hydroxylation sites is 1. The number of anilines is 1. The summed E-state index contributed by atoms with van der Waals surface area (Å²) in [5.74, 6) is 0.514. The molecule has 0 aliphatic heterocycles. The van der Waals surface area contributed by atoms with Gasteiger partial charge in [0.1, 0.15) is 5.03 Å². The number of aromatic nitrogens is 4. The number of amides is 1. The van der Waals surface area contributed by atoms with Gasteiger partial charge in [0.25, 0.3) is 0 Å². The van der Waals surface area contributed by atoms with Gasteiger partial charge in [0.05, 0.1) is 22.0 Å². The van der Waals surface area contributed by atoms with E-state index in [-0.39, 0.29) is 11.2 Å². The van der Waals surface area contributed by atoms with Crippen LogP contribution in [0.4, 0.5) is 5.69 Å². The highest BCUT2D eigenvalue weighted by Gasteiger charge is 2.25. The number of benzene rings is 3. The van der Waals surface area contributed by atoms with E-state index in [0.29, 0.717) is 29.4 Å². The molecule has 3 aromatic carbocycles. The summed E-state index contributed by atoms with van der Waals surface area (Å²) >= 11 is 7.46. The van der Waals surface area contributed by atoms with Gasteiger partial charge in [-0.15, -0.1) is 0 Å². The molecule has 0 aliphatic carbocycles. The van der Waals surface area contributed by atoms with E-state index in [9.17, 15) is 4.79 Å². The first kappa shape index (κ1) is 25.0. The van der Waals surface area contributed by atoms with Gasteiger partial charge in [-0.3, -0.25) is 4.79 Å². The molecule has 1 atom stereocenters. The smallest absolute Gasteiger partial charge is 0.237 e. The lowest BCUT2D eigenvalue weighted by atomic mass is 10.2. The second-order valence-electron chi connectivity index (χ2n) is 8.48. The highest BCUT2D eigenvalue weighted by atomic mass is 35.5. The van der Waals surface area contributed by atoms with E-state index in [0.717, 1.165) is 33.0 Å². The van der Waals surface area contributed by atoms with Gasteiger partial charge < -0.3 is 5.32 Å². The highest BCUT2D eigenvalue weighted by molar-refractivity contribution is 8.00. The van der Waals surface area contributed by atoms with Crippen molar-refractivity contribution >= 4 is 46.0 Å². The normalized spacial score (nSPS) is 12.0. The molecule has 37 heavy (non-hydrogen) atoms. The van der Waals surface area contributed by atoms with Crippen LogP contribution in [0, 0.1) is 0 Å². The Morgan fingerprint density at radius 3 is 2.27 bits per heavy atom. The van der Waals surface area contributed by atoms with Crippen LogP contribution in [-0.4, -0.2) is 30.9 Å². The number of nitrogens with zero attached hydrogens (tertiary/aromatic N) is 4. The van der Waals surface area contributed by atoms with Crippen molar-refractivity contribution in [1.29, 1.82) is 0 Å². The summed E-state index contributed by atoms with van der Waals surface area (Å²) < 4.78 is 1.88. The van der Waals surface area contributed by atoms with Gasteiger partial charge in [-0.05, 0) is 49.2 Å². The molecule has 0 saturated carbocycles. The summed E-state index contributed by atoms with van der Waals surface area (Å²) in [6.07, 6.45) is 1.34. The van der Waals surface area contributed by atoms with Gasteiger partial charge in [-0.25, -0.2) is 14.6 Å². The lowest BCUT2D eigenvalue weighted by molar-refractivity contribution is -0.115. The summed E-state index contributed by atoms with van der Waals surface area (Å²) in [6, 6.07) is 27.0. The number of carbonyl (C=O) groups is 1. The second kappa shape index (κ2) is 11.2. The highest BCUT2D eigenvalue weighted by Crippen LogP contribution is 2.35. The van der Waals surface area contributed by atoms with Crippen molar-refractivity contribution in [2.24, 2.45) is 0 Å². The molecule has 8 heteroatoms. The lowest BCUT2D eigenvalue weighted by Gasteiger charge is -2.16. The molecule has 0 saturated heterocycles. The SMILES string of the molecule is CCc1nn(-c2ccccc2)c2nc(-c3ccccc3)nc(S[C@@H](CC)C(=O)Nc3ccc(Cl)cc3)c12. The Labute approximate surface area is 225 Å². The number of carbonyl (C=O) groups excluding carboxylic acids is 1. The molecule has 5 rings (SSSR count). The van der Waals surface area contributed by atoms with Crippen LogP contribution in [0.15, 0.2) is 90.0 Å². The van der Waals surface area contributed by atoms with Crippen LogP contribution in [0.5, 0.6) is 0 Å².